The topological polar surface area (TPSA) is 103 Å². The van der Waals surface area contributed by atoms with Gasteiger partial charge in [0.05, 0.1) is 16.0 Å². The average molecular weight is 612 g/mol. The molecule has 3 aromatic carbocycles. The van der Waals surface area contributed by atoms with Crippen molar-refractivity contribution < 1.29 is 18.3 Å². The van der Waals surface area contributed by atoms with E-state index in [0.29, 0.717) is 29.8 Å². The second kappa shape index (κ2) is 13.2. The molecule has 208 valence electrons. The second-order valence-corrected chi connectivity index (χ2v) is 10.5. The van der Waals surface area contributed by atoms with Crippen LogP contribution >= 0.6 is 37.2 Å². The fraction of sp³-hybridized carbons (Fsp3) is 0.185. The van der Waals surface area contributed by atoms with Crippen LogP contribution in [0.3, 0.4) is 0 Å². The summed E-state index contributed by atoms with van der Waals surface area (Å²) in [4.78, 5) is 21.4. The van der Waals surface area contributed by atoms with E-state index in [1.165, 1.54) is 12.1 Å². The molecule has 1 fully saturated rings. The first-order valence-electron chi connectivity index (χ1n) is 11.6. The maximum Gasteiger partial charge on any atom is 0.336 e. The lowest BCUT2D eigenvalue weighted by Gasteiger charge is -2.37. The van der Waals surface area contributed by atoms with E-state index in [1.807, 2.05) is 31.2 Å². The largest absolute Gasteiger partial charge is 0.478 e. The van der Waals surface area contributed by atoms with E-state index >= 15 is 0 Å². The minimum absolute atomic E-state index is 0. The van der Waals surface area contributed by atoms with Crippen LogP contribution in [-0.2, 0) is 10.0 Å². The van der Waals surface area contributed by atoms with Crippen LogP contribution in [0.1, 0.15) is 15.9 Å². The lowest BCUT2D eigenvalue weighted by molar-refractivity contribution is 0.0699. The Bertz CT molecular complexity index is 1550. The molecule has 1 aromatic heterocycles. The number of fused-ring (bicyclic) bond motifs is 1. The highest BCUT2D eigenvalue weighted by Crippen LogP contribution is 2.28. The monoisotopic (exact) mass is 610 g/mol. The van der Waals surface area contributed by atoms with Gasteiger partial charge < -0.3 is 14.9 Å². The van der Waals surface area contributed by atoms with Crippen LogP contribution < -0.4 is 14.5 Å². The number of aromatic carboxylic acids is 1. The van der Waals surface area contributed by atoms with Crippen molar-refractivity contribution in [1.29, 1.82) is 0 Å². The number of anilines is 3. The molecule has 0 radical (unpaired) electrons. The number of carbonyl (C=O) groups is 1. The Balaban J connectivity index is 0.00000178. The van der Waals surface area contributed by atoms with E-state index in [1.54, 1.807) is 30.3 Å². The van der Waals surface area contributed by atoms with Gasteiger partial charge >= 0.3 is 5.97 Å². The highest BCUT2D eigenvalue weighted by atomic mass is 35.5. The number of hydrogen-bond acceptors (Lipinski definition) is 6. The van der Waals surface area contributed by atoms with Gasteiger partial charge in [-0.05, 0) is 61.0 Å². The number of aromatic nitrogens is 1. The molecular formula is C27H29Cl3N4O4S. The van der Waals surface area contributed by atoms with E-state index in [2.05, 4.69) is 26.7 Å². The third kappa shape index (κ3) is 7.05. The number of nitrogens with one attached hydrogen (secondary N) is 1. The van der Waals surface area contributed by atoms with E-state index < -0.39 is 16.0 Å². The number of aryl methyl sites for hydroxylation is 1. The fourth-order valence-electron chi connectivity index (χ4n) is 4.44. The molecule has 5 rings (SSSR count). The first-order valence-corrected chi connectivity index (χ1v) is 13.1. The minimum atomic E-state index is -3.82. The quantitative estimate of drug-likeness (QED) is 0.291. The molecule has 39 heavy (non-hydrogen) atoms. The van der Waals surface area contributed by atoms with Crippen molar-refractivity contribution in [3.8, 4) is 0 Å². The number of nitrogens with zero attached hydrogens (tertiary/aromatic N) is 3. The maximum absolute atomic E-state index is 12.8. The zero-order chi connectivity index (χ0) is 25.3. The van der Waals surface area contributed by atoms with Gasteiger partial charge in [0, 0.05) is 42.9 Å². The van der Waals surface area contributed by atoms with Crippen molar-refractivity contribution >= 4 is 81.3 Å². The highest BCUT2D eigenvalue weighted by Gasteiger charge is 2.22. The molecule has 0 saturated carbocycles. The van der Waals surface area contributed by atoms with Gasteiger partial charge in [-0.25, -0.2) is 18.2 Å². The van der Waals surface area contributed by atoms with Crippen LogP contribution in [0.5, 0.6) is 0 Å². The maximum atomic E-state index is 12.8. The number of carboxylic acids is 1. The van der Waals surface area contributed by atoms with Gasteiger partial charge in [0.2, 0.25) is 0 Å². The zero-order valence-corrected chi connectivity index (χ0v) is 24.2. The van der Waals surface area contributed by atoms with Crippen LogP contribution in [0, 0.1) is 6.92 Å². The van der Waals surface area contributed by atoms with Crippen molar-refractivity contribution in [2.75, 3.05) is 40.7 Å². The molecule has 8 nitrogen and oxygen atoms in total. The number of halogens is 3. The predicted molar refractivity (Wildman–Crippen MR) is 163 cm³/mol. The molecule has 0 atom stereocenters. The average Bonchev–Trinajstić information content (AvgIpc) is 2.88. The molecule has 0 amide bonds. The number of pyridine rings is 1. The van der Waals surface area contributed by atoms with E-state index in [9.17, 15) is 18.3 Å². The summed E-state index contributed by atoms with van der Waals surface area (Å²) in [5.74, 6) is -0.494. The smallest absolute Gasteiger partial charge is 0.336 e. The first kappa shape index (κ1) is 32.0. The lowest BCUT2D eigenvalue weighted by atomic mass is 10.1. The molecule has 0 aliphatic carbocycles. The molecule has 1 saturated heterocycles. The Morgan fingerprint density at radius 3 is 2.15 bits per heavy atom. The van der Waals surface area contributed by atoms with Gasteiger partial charge in [0.1, 0.15) is 5.82 Å². The normalized spacial score (nSPS) is 13.1. The molecule has 0 spiro atoms. The summed E-state index contributed by atoms with van der Waals surface area (Å²) in [6, 6.07) is 23.1. The molecule has 12 heteroatoms. The van der Waals surface area contributed by atoms with Gasteiger partial charge in [-0.1, -0.05) is 30.3 Å². The Morgan fingerprint density at radius 2 is 1.51 bits per heavy atom. The summed E-state index contributed by atoms with van der Waals surface area (Å²) in [6.45, 7) is 4.83. The van der Waals surface area contributed by atoms with E-state index in [-0.39, 0.29) is 53.4 Å². The minimum Gasteiger partial charge on any atom is -0.478 e. The number of piperazine rings is 1. The molecule has 2 N–H and O–H groups in total. The Kier molecular flexibility index (Phi) is 10.8. The number of carboxylic acid groups (broad SMARTS) is 1. The number of para-hydroxylation sites is 1. The van der Waals surface area contributed by atoms with Crippen LogP contribution in [0.15, 0.2) is 83.8 Å². The Hall–Kier alpha value is -3.24. The van der Waals surface area contributed by atoms with Crippen LogP contribution in [0.2, 0.25) is 0 Å². The van der Waals surface area contributed by atoms with Gasteiger partial charge in [0.15, 0.2) is 0 Å². The van der Waals surface area contributed by atoms with Crippen molar-refractivity contribution in [3.05, 3.63) is 90.0 Å². The third-order valence-electron chi connectivity index (χ3n) is 6.30. The number of hydrogen-bond donors (Lipinski definition) is 2. The zero-order valence-electron chi connectivity index (χ0n) is 21.0. The van der Waals surface area contributed by atoms with Crippen molar-refractivity contribution in [1.82, 2.24) is 4.98 Å². The fourth-order valence-corrected chi connectivity index (χ4v) is 5.60. The van der Waals surface area contributed by atoms with Crippen LogP contribution in [-0.4, -0.2) is 50.7 Å². The summed E-state index contributed by atoms with van der Waals surface area (Å²) in [5, 5.41) is 10.3. The number of sulfonamides is 1. The van der Waals surface area contributed by atoms with Crippen molar-refractivity contribution in [2.45, 2.75) is 11.8 Å². The molecule has 4 aromatic rings. The van der Waals surface area contributed by atoms with Crippen LogP contribution in [0.4, 0.5) is 17.2 Å². The first-order chi connectivity index (χ1) is 17.3. The summed E-state index contributed by atoms with van der Waals surface area (Å²) in [5.41, 5.74) is 2.84. The third-order valence-corrected chi connectivity index (χ3v) is 7.68. The molecule has 0 unspecified atom stereocenters. The molecule has 2 heterocycles. The van der Waals surface area contributed by atoms with Crippen molar-refractivity contribution in [2.24, 2.45) is 0 Å². The van der Waals surface area contributed by atoms with E-state index in [0.717, 1.165) is 24.3 Å². The predicted octanol–water partition coefficient (Wildman–Crippen LogP) is 5.63. The van der Waals surface area contributed by atoms with Gasteiger partial charge in [-0.2, -0.15) is 0 Å². The van der Waals surface area contributed by atoms with Crippen molar-refractivity contribution in [3.63, 3.8) is 0 Å². The van der Waals surface area contributed by atoms with Crippen LogP contribution in [0.25, 0.3) is 10.9 Å². The Morgan fingerprint density at radius 1 is 0.846 bits per heavy atom. The lowest BCUT2D eigenvalue weighted by Crippen LogP contribution is -2.46. The second-order valence-electron chi connectivity index (χ2n) is 8.80. The number of benzene rings is 3. The summed E-state index contributed by atoms with van der Waals surface area (Å²) in [6.07, 6.45) is 0. The summed E-state index contributed by atoms with van der Waals surface area (Å²) in [7, 11) is -3.82. The molecular weight excluding hydrogens is 583 g/mol. The van der Waals surface area contributed by atoms with Gasteiger partial charge in [-0.15, -0.1) is 37.2 Å². The standard InChI is InChI=1S/C27H26N4O4S.3ClH/c1-19-6-5-9-22(16-19)36(34,35)29-20-10-11-25-23(17-20)24(27(32)33)18-26(28-25)31-14-12-30(13-15-31)21-7-3-2-4-8-21;;;/h2-11,16-18,29H,12-15H2,1H3,(H,32,33);3*1H. The van der Waals surface area contributed by atoms with E-state index in [4.69, 9.17) is 4.98 Å². The number of rotatable bonds is 6. The molecule has 1 aliphatic heterocycles. The Labute approximate surface area is 246 Å². The SMILES string of the molecule is Cc1cccc(S(=O)(=O)Nc2ccc3nc(N4CCN(c5ccccc5)CC4)cc(C(=O)O)c3c2)c1.Cl.Cl.Cl. The summed E-state index contributed by atoms with van der Waals surface area (Å²) >= 11 is 0. The molecule has 0 bridgehead atoms. The van der Waals surface area contributed by atoms with Gasteiger partial charge in [0.25, 0.3) is 10.0 Å². The summed E-state index contributed by atoms with van der Waals surface area (Å²) < 4.78 is 28.2. The van der Waals surface area contributed by atoms with Gasteiger partial charge in [-0.3, -0.25) is 4.72 Å². The highest BCUT2D eigenvalue weighted by molar-refractivity contribution is 7.92. The molecule has 1 aliphatic rings.